The van der Waals surface area contributed by atoms with Gasteiger partial charge >= 0.3 is 0 Å². The molecule has 0 saturated carbocycles. The number of ether oxygens (including phenoxy) is 2. The van der Waals surface area contributed by atoms with Gasteiger partial charge in [0.2, 0.25) is 11.8 Å². The van der Waals surface area contributed by atoms with E-state index in [-0.39, 0.29) is 0 Å². The maximum absolute atomic E-state index is 5.76. The maximum atomic E-state index is 5.76. The molecular formula is C19H17NO2. The van der Waals surface area contributed by atoms with Crippen molar-refractivity contribution in [2.45, 2.75) is 13.5 Å². The Morgan fingerprint density at radius 3 is 2.41 bits per heavy atom. The van der Waals surface area contributed by atoms with Crippen molar-refractivity contribution >= 4 is 0 Å². The van der Waals surface area contributed by atoms with Crippen LogP contribution < -0.4 is 9.47 Å². The molecule has 0 amide bonds. The first-order chi connectivity index (χ1) is 10.8. The molecule has 0 unspecified atom stereocenters. The summed E-state index contributed by atoms with van der Waals surface area (Å²) in [5.74, 6) is 1.85. The zero-order chi connectivity index (χ0) is 15.2. The second-order valence-electron chi connectivity index (χ2n) is 5.01. The molecule has 0 atom stereocenters. The summed E-state index contributed by atoms with van der Waals surface area (Å²) in [7, 11) is 0. The molecule has 0 N–H and O–H groups in total. The molecule has 3 aromatic rings. The fourth-order valence-corrected chi connectivity index (χ4v) is 2.06. The highest BCUT2D eigenvalue weighted by molar-refractivity contribution is 5.31. The monoisotopic (exact) mass is 291 g/mol. The van der Waals surface area contributed by atoms with Gasteiger partial charge in [0.25, 0.3) is 0 Å². The van der Waals surface area contributed by atoms with Crippen molar-refractivity contribution in [3.8, 4) is 17.5 Å². The van der Waals surface area contributed by atoms with Crippen LogP contribution in [0.3, 0.4) is 0 Å². The number of rotatable bonds is 5. The quantitative estimate of drug-likeness (QED) is 0.679. The Morgan fingerprint density at radius 1 is 0.818 bits per heavy atom. The van der Waals surface area contributed by atoms with E-state index < -0.39 is 0 Å². The second-order valence-corrected chi connectivity index (χ2v) is 5.01. The normalized spacial score (nSPS) is 10.2. The van der Waals surface area contributed by atoms with Gasteiger partial charge < -0.3 is 9.47 Å². The fourth-order valence-electron chi connectivity index (χ4n) is 2.06. The first-order valence-corrected chi connectivity index (χ1v) is 7.18. The molecule has 0 saturated heterocycles. The van der Waals surface area contributed by atoms with Crippen LogP contribution in [-0.4, -0.2) is 4.98 Å². The molecule has 1 aromatic heterocycles. The molecule has 0 radical (unpaired) electrons. The Hall–Kier alpha value is -2.81. The van der Waals surface area contributed by atoms with E-state index in [9.17, 15) is 0 Å². The van der Waals surface area contributed by atoms with Gasteiger partial charge in [-0.15, -0.1) is 0 Å². The van der Waals surface area contributed by atoms with E-state index in [0.717, 1.165) is 16.9 Å². The summed E-state index contributed by atoms with van der Waals surface area (Å²) in [6.07, 6.45) is 0. The van der Waals surface area contributed by atoms with Crippen molar-refractivity contribution in [1.82, 2.24) is 4.98 Å². The van der Waals surface area contributed by atoms with E-state index in [4.69, 9.17) is 9.47 Å². The SMILES string of the molecule is Cc1cccc(Oc2cccc(OCc3ccccc3)n2)c1. The third-order valence-electron chi connectivity index (χ3n) is 3.14. The van der Waals surface area contributed by atoms with Crippen LogP contribution in [0.4, 0.5) is 0 Å². The van der Waals surface area contributed by atoms with Crippen LogP contribution in [0.5, 0.6) is 17.5 Å². The van der Waals surface area contributed by atoms with Gasteiger partial charge in [0.1, 0.15) is 12.4 Å². The van der Waals surface area contributed by atoms with Crippen LogP contribution in [0.25, 0.3) is 0 Å². The predicted molar refractivity (Wildman–Crippen MR) is 86.3 cm³/mol. The van der Waals surface area contributed by atoms with Gasteiger partial charge in [0.05, 0.1) is 0 Å². The van der Waals surface area contributed by atoms with E-state index in [1.165, 1.54) is 0 Å². The minimum Gasteiger partial charge on any atom is -0.473 e. The first kappa shape index (κ1) is 14.1. The summed E-state index contributed by atoms with van der Waals surface area (Å²) >= 11 is 0. The van der Waals surface area contributed by atoms with Crippen molar-refractivity contribution in [2.24, 2.45) is 0 Å². The molecule has 3 rings (SSSR count). The lowest BCUT2D eigenvalue weighted by Gasteiger charge is -2.08. The summed E-state index contributed by atoms with van der Waals surface area (Å²) in [5, 5.41) is 0. The number of hydrogen-bond donors (Lipinski definition) is 0. The lowest BCUT2D eigenvalue weighted by atomic mass is 10.2. The predicted octanol–water partition coefficient (Wildman–Crippen LogP) is 4.76. The Labute approximate surface area is 130 Å². The average molecular weight is 291 g/mol. The molecule has 110 valence electrons. The van der Waals surface area contributed by atoms with Gasteiger partial charge in [0.15, 0.2) is 0 Å². The van der Waals surface area contributed by atoms with E-state index in [2.05, 4.69) is 4.98 Å². The van der Waals surface area contributed by atoms with E-state index in [1.807, 2.05) is 79.7 Å². The summed E-state index contributed by atoms with van der Waals surface area (Å²) in [6, 6.07) is 23.4. The Kier molecular flexibility index (Phi) is 4.35. The third kappa shape index (κ3) is 3.85. The van der Waals surface area contributed by atoms with Crippen molar-refractivity contribution in [2.75, 3.05) is 0 Å². The van der Waals surface area contributed by atoms with Crippen LogP contribution in [0.15, 0.2) is 72.8 Å². The van der Waals surface area contributed by atoms with Crippen LogP contribution in [0.1, 0.15) is 11.1 Å². The van der Waals surface area contributed by atoms with Crippen LogP contribution in [-0.2, 0) is 6.61 Å². The number of nitrogens with zero attached hydrogens (tertiary/aromatic N) is 1. The topological polar surface area (TPSA) is 31.4 Å². The smallest absolute Gasteiger partial charge is 0.222 e. The minimum atomic E-state index is 0.488. The van der Waals surface area contributed by atoms with E-state index in [0.29, 0.717) is 18.4 Å². The maximum Gasteiger partial charge on any atom is 0.222 e. The standard InChI is InChI=1S/C19H17NO2/c1-15-7-5-10-17(13-15)22-19-12-6-11-18(20-19)21-14-16-8-3-2-4-9-16/h2-13H,14H2,1H3. The molecule has 0 aliphatic carbocycles. The highest BCUT2D eigenvalue weighted by Crippen LogP contribution is 2.22. The molecular weight excluding hydrogens is 274 g/mol. The van der Waals surface area contributed by atoms with E-state index in [1.54, 1.807) is 0 Å². The molecule has 0 fully saturated rings. The van der Waals surface area contributed by atoms with Crippen molar-refractivity contribution in [3.05, 3.63) is 83.9 Å². The fraction of sp³-hybridized carbons (Fsp3) is 0.105. The Bertz CT molecular complexity index is 741. The van der Waals surface area contributed by atoms with Crippen LogP contribution >= 0.6 is 0 Å². The zero-order valence-corrected chi connectivity index (χ0v) is 12.4. The van der Waals surface area contributed by atoms with Gasteiger partial charge in [-0.05, 0) is 30.2 Å². The van der Waals surface area contributed by atoms with Gasteiger partial charge in [-0.2, -0.15) is 4.98 Å². The lowest BCUT2D eigenvalue weighted by Crippen LogP contribution is -1.97. The van der Waals surface area contributed by atoms with Gasteiger partial charge in [-0.1, -0.05) is 48.5 Å². The van der Waals surface area contributed by atoms with Gasteiger partial charge in [-0.3, -0.25) is 0 Å². The van der Waals surface area contributed by atoms with Gasteiger partial charge in [-0.25, -0.2) is 0 Å². The summed E-state index contributed by atoms with van der Waals surface area (Å²) in [6.45, 7) is 2.52. The number of aromatic nitrogens is 1. The zero-order valence-electron chi connectivity index (χ0n) is 12.4. The molecule has 0 bridgehead atoms. The number of pyridine rings is 1. The molecule has 0 spiro atoms. The van der Waals surface area contributed by atoms with E-state index >= 15 is 0 Å². The molecule has 1 heterocycles. The Morgan fingerprint density at radius 2 is 1.59 bits per heavy atom. The lowest BCUT2D eigenvalue weighted by molar-refractivity contribution is 0.289. The third-order valence-corrected chi connectivity index (χ3v) is 3.14. The number of aryl methyl sites for hydroxylation is 1. The largest absolute Gasteiger partial charge is 0.473 e. The summed E-state index contributed by atoms with van der Waals surface area (Å²) in [5.41, 5.74) is 2.25. The van der Waals surface area contributed by atoms with Crippen molar-refractivity contribution in [1.29, 1.82) is 0 Å². The molecule has 2 aromatic carbocycles. The minimum absolute atomic E-state index is 0.488. The number of benzene rings is 2. The highest BCUT2D eigenvalue weighted by atomic mass is 16.5. The number of hydrogen-bond acceptors (Lipinski definition) is 3. The van der Waals surface area contributed by atoms with Crippen molar-refractivity contribution in [3.63, 3.8) is 0 Å². The second kappa shape index (κ2) is 6.76. The van der Waals surface area contributed by atoms with Gasteiger partial charge in [0, 0.05) is 12.1 Å². The first-order valence-electron chi connectivity index (χ1n) is 7.18. The molecule has 22 heavy (non-hydrogen) atoms. The molecule has 3 nitrogen and oxygen atoms in total. The van der Waals surface area contributed by atoms with Crippen LogP contribution in [0, 0.1) is 6.92 Å². The van der Waals surface area contributed by atoms with Crippen LogP contribution in [0.2, 0.25) is 0 Å². The van der Waals surface area contributed by atoms with Crippen molar-refractivity contribution < 1.29 is 9.47 Å². The average Bonchev–Trinajstić information content (AvgIpc) is 2.54. The molecule has 0 aliphatic heterocycles. The highest BCUT2D eigenvalue weighted by Gasteiger charge is 2.02. The molecule has 3 heteroatoms. The summed E-state index contributed by atoms with van der Waals surface area (Å²) < 4.78 is 11.5. The summed E-state index contributed by atoms with van der Waals surface area (Å²) in [4.78, 5) is 4.37. The molecule has 0 aliphatic rings. The Balaban J connectivity index is 1.67.